The molecule has 1 aliphatic rings. The largest absolute Gasteiger partial charge is 0.461 e. The van der Waals surface area contributed by atoms with E-state index in [2.05, 4.69) is 14.9 Å². The smallest absolute Gasteiger partial charge is 0.362 e. The van der Waals surface area contributed by atoms with Gasteiger partial charge in [0.15, 0.2) is 5.00 Å². The summed E-state index contributed by atoms with van der Waals surface area (Å²) >= 11 is 0.931. The molecular weight excluding hydrogens is 380 g/mol. The summed E-state index contributed by atoms with van der Waals surface area (Å²) in [4.78, 5) is 38.9. The van der Waals surface area contributed by atoms with Crippen LogP contribution in [0.5, 0.6) is 0 Å². The maximum Gasteiger partial charge on any atom is 0.362 e. The van der Waals surface area contributed by atoms with E-state index in [0.717, 1.165) is 23.5 Å². The molecule has 0 radical (unpaired) electrons. The van der Waals surface area contributed by atoms with E-state index in [9.17, 15) is 14.4 Å². The predicted molar refractivity (Wildman–Crippen MR) is 104 cm³/mol. The van der Waals surface area contributed by atoms with Crippen molar-refractivity contribution in [2.45, 2.75) is 26.2 Å². The number of aromatic nitrogens is 2. The van der Waals surface area contributed by atoms with Gasteiger partial charge in [0.25, 0.3) is 0 Å². The maximum absolute atomic E-state index is 12.7. The van der Waals surface area contributed by atoms with Gasteiger partial charge in [0.05, 0.1) is 18.9 Å². The van der Waals surface area contributed by atoms with Gasteiger partial charge in [0.1, 0.15) is 0 Å². The number of carbonyl (C=O) groups is 3. The molecule has 0 aliphatic carbocycles. The first-order chi connectivity index (χ1) is 13.6. The Hall–Kier alpha value is -2.81. The van der Waals surface area contributed by atoms with E-state index >= 15 is 0 Å². The molecule has 1 atom stereocenters. The fourth-order valence-corrected chi connectivity index (χ4v) is 3.68. The Morgan fingerprint density at radius 2 is 2.07 bits per heavy atom. The van der Waals surface area contributed by atoms with Gasteiger partial charge < -0.3 is 15.0 Å². The first-order valence-corrected chi connectivity index (χ1v) is 9.98. The molecule has 9 heteroatoms. The standard InChI is InChI=1S/C19H22N4O4S/c1-2-27-19(26)16-18(28-22-21-16)20-17(25)14-9-6-10-23(12-14)15(24)11-13-7-4-3-5-8-13/h3-5,7-8,14H,2,6,9-12H2,1H3,(H,20,25). The number of piperidine rings is 1. The Balaban J connectivity index is 1.60. The quantitative estimate of drug-likeness (QED) is 0.743. The highest BCUT2D eigenvalue weighted by Crippen LogP contribution is 2.23. The lowest BCUT2D eigenvalue weighted by molar-refractivity contribution is -0.133. The van der Waals surface area contributed by atoms with Gasteiger partial charge >= 0.3 is 5.97 Å². The van der Waals surface area contributed by atoms with Gasteiger partial charge in [-0.1, -0.05) is 34.8 Å². The summed E-state index contributed by atoms with van der Waals surface area (Å²) in [6.45, 7) is 2.91. The molecule has 1 saturated heterocycles. The highest BCUT2D eigenvalue weighted by molar-refractivity contribution is 7.10. The number of esters is 1. The number of ether oxygens (including phenoxy) is 1. The molecule has 1 aliphatic heterocycles. The number of benzene rings is 1. The van der Waals surface area contributed by atoms with Gasteiger partial charge in [0.2, 0.25) is 17.5 Å². The van der Waals surface area contributed by atoms with Crippen molar-refractivity contribution in [3.8, 4) is 0 Å². The lowest BCUT2D eigenvalue weighted by Crippen LogP contribution is -2.44. The summed E-state index contributed by atoms with van der Waals surface area (Å²) in [5, 5.41) is 6.74. The third-order valence-corrected chi connectivity index (χ3v) is 5.18. The highest BCUT2D eigenvalue weighted by Gasteiger charge is 2.30. The highest BCUT2D eigenvalue weighted by atomic mass is 32.1. The van der Waals surface area contributed by atoms with Crippen LogP contribution in [-0.4, -0.2) is 52.0 Å². The number of anilines is 1. The van der Waals surface area contributed by atoms with Gasteiger partial charge in [-0.25, -0.2) is 4.79 Å². The fourth-order valence-electron chi connectivity index (χ4n) is 3.12. The van der Waals surface area contributed by atoms with Gasteiger partial charge in [0, 0.05) is 24.6 Å². The van der Waals surface area contributed by atoms with Crippen LogP contribution >= 0.6 is 11.5 Å². The number of nitrogens with one attached hydrogen (secondary N) is 1. The number of carbonyl (C=O) groups excluding carboxylic acids is 3. The molecule has 1 aromatic heterocycles. The van der Waals surface area contributed by atoms with Gasteiger partial charge in [-0.15, -0.1) is 5.10 Å². The van der Waals surface area contributed by atoms with Crippen LogP contribution in [0.3, 0.4) is 0 Å². The zero-order valence-electron chi connectivity index (χ0n) is 15.6. The van der Waals surface area contributed by atoms with Crippen molar-refractivity contribution in [1.82, 2.24) is 14.5 Å². The van der Waals surface area contributed by atoms with Crippen LogP contribution in [-0.2, 0) is 20.7 Å². The van der Waals surface area contributed by atoms with Crippen molar-refractivity contribution in [3.05, 3.63) is 41.6 Å². The van der Waals surface area contributed by atoms with Gasteiger partial charge in [-0.05, 0) is 25.3 Å². The van der Waals surface area contributed by atoms with E-state index in [1.54, 1.807) is 11.8 Å². The van der Waals surface area contributed by atoms with E-state index in [4.69, 9.17) is 4.74 Å². The number of likely N-dealkylation sites (tertiary alicyclic amines) is 1. The van der Waals surface area contributed by atoms with Crippen LogP contribution in [0.25, 0.3) is 0 Å². The molecule has 1 fully saturated rings. The molecule has 3 rings (SSSR count). The van der Waals surface area contributed by atoms with Gasteiger partial charge in [-0.3, -0.25) is 9.59 Å². The predicted octanol–water partition coefficient (Wildman–Crippen LogP) is 2.13. The van der Waals surface area contributed by atoms with Crippen molar-refractivity contribution in [2.75, 3.05) is 25.0 Å². The minimum Gasteiger partial charge on any atom is -0.461 e. The Kier molecular flexibility index (Phi) is 6.70. The normalized spacial score (nSPS) is 16.5. The molecule has 2 heterocycles. The zero-order valence-corrected chi connectivity index (χ0v) is 16.4. The molecule has 2 aromatic rings. The van der Waals surface area contributed by atoms with Crippen LogP contribution in [0.15, 0.2) is 30.3 Å². The SMILES string of the molecule is CCOC(=O)c1nnsc1NC(=O)C1CCCN(C(=O)Cc2ccccc2)C1. The van der Waals surface area contributed by atoms with Crippen LogP contribution < -0.4 is 5.32 Å². The molecule has 148 valence electrons. The van der Waals surface area contributed by atoms with E-state index < -0.39 is 5.97 Å². The van der Waals surface area contributed by atoms with E-state index in [1.807, 2.05) is 30.3 Å². The van der Waals surface area contributed by atoms with Crippen molar-refractivity contribution in [2.24, 2.45) is 5.92 Å². The molecular formula is C19H22N4O4S. The van der Waals surface area contributed by atoms with E-state index in [-0.39, 0.29) is 35.0 Å². The van der Waals surface area contributed by atoms with Crippen LogP contribution in [0.1, 0.15) is 35.8 Å². The number of hydrogen-bond acceptors (Lipinski definition) is 7. The monoisotopic (exact) mass is 402 g/mol. The van der Waals surface area contributed by atoms with E-state index in [0.29, 0.717) is 25.9 Å². The number of amides is 2. The first kappa shape index (κ1) is 19.9. The second kappa shape index (κ2) is 9.41. The first-order valence-electron chi connectivity index (χ1n) is 9.20. The Labute approximate surface area is 167 Å². The third-order valence-electron chi connectivity index (χ3n) is 4.54. The maximum atomic E-state index is 12.7. The molecule has 28 heavy (non-hydrogen) atoms. The summed E-state index contributed by atoms with van der Waals surface area (Å²) in [5.41, 5.74) is 0.960. The summed E-state index contributed by atoms with van der Waals surface area (Å²) in [7, 11) is 0. The fraction of sp³-hybridized carbons (Fsp3) is 0.421. The van der Waals surface area contributed by atoms with E-state index in [1.165, 1.54) is 0 Å². The van der Waals surface area contributed by atoms with Crippen LogP contribution in [0.4, 0.5) is 5.00 Å². The molecule has 2 amide bonds. The topological polar surface area (TPSA) is 101 Å². The lowest BCUT2D eigenvalue weighted by Gasteiger charge is -2.32. The summed E-state index contributed by atoms with van der Waals surface area (Å²) in [6.07, 6.45) is 1.76. The molecule has 0 spiro atoms. The van der Waals surface area contributed by atoms with Crippen molar-refractivity contribution in [3.63, 3.8) is 0 Å². The summed E-state index contributed by atoms with van der Waals surface area (Å²) in [5.74, 6) is -1.19. The van der Waals surface area contributed by atoms with Crippen LogP contribution in [0, 0.1) is 5.92 Å². The van der Waals surface area contributed by atoms with Crippen molar-refractivity contribution < 1.29 is 19.1 Å². The second-order valence-corrected chi connectivity index (χ2v) is 7.26. The molecule has 0 bridgehead atoms. The Morgan fingerprint density at radius 1 is 1.29 bits per heavy atom. The van der Waals surface area contributed by atoms with Crippen LogP contribution in [0.2, 0.25) is 0 Å². The summed E-state index contributed by atoms with van der Waals surface area (Å²) in [6, 6.07) is 9.55. The average molecular weight is 402 g/mol. The molecule has 1 aromatic carbocycles. The Bertz CT molecular complexity index is 839. The summed E-state index contributed by atoms with van der Waals surface area (Å²) < 4.78 is 8.65. The van der Waals surface area contributed by atoms with Crippen molar-refractivity contribution >= 4 is 34.3 Å². The number of rotatable bonds is 6. The lowest BCUT2D eigenvalue weighted by atomic mass is 9.96. The number of nitrogens with zero attached hydrogens (tertiary/aromatic N) is 3. The van der Waals surface area contributed by atoms with Crippen molar-refractivity contribution in [1.29, 1.82) is 0 Å². The molecule has 0 saturated carbocycles. The minimum absolute atomic E-state index is 0.00743. The third kappa shape index (κ3) is 4.92. The average Bonchev–Trinajstić information content (AvgIpc) is 3.17. The molecule has 8 nitrogen and oxygen atoms in total. The minimum atomic E-state index is -0.616. The molecule has 1 unspecified atom stereocenters. The Morgan fingerprint density at radius 3 is 2.82 bits per heavy atom. The number of hydrogen-bond donors (Lipinski definition) is 1. The van der Waals surface area contributed by atoms with Gasteiger partial charge in [-0.2, -0.15) is 0 Å². The zero-order chi connectivity index (χ0) is 19.9. The second-order valence-electron chi connectivity index (χ2n) is 6.50. The molecule has 1 N–H and O–H groups in total.